The van der Waals surface area contributed by atoms with Gasteiger partial charge in [0.15, 0.2) is 0 Å². The van der Waals surface area contributed by atoms with Gasteiger partial charge in [-0.15, -0.1) is 0 Å². The van der Waals surface area contributed by atoms with E-state index in [0.29, 0.717) is 30.2 Å². The summed E-state index contributed by atoms with van der Waals surface area (Å²) in [5.74, 6) is -0.212. The first-order valence-corrected chi connectivity index (χ1v) is 10.4. The number of H-pyrrole nitrogens is 1. The molecule has 2 heterocycles. The second-order valence-electron chi connectivity index (χ2n) is 6.91. The Hall–Kier alpha value is -2.28. The Morgan fingerprint density at radius 1 is 1.08 bits per heavy atom. The Bertz CT molecular complexity index is 926. The number of nitrogens with one attached hydrogen (secondary N) is 2. The topological polar surface area (TPSA) is 82.3 Å². The van der Waals surface area contributed by atoms with Crippen molar-refractivity contribution in [1.82, 2.24) is 9.88 Å². The maximum Gasteiger partial charge on any atom is 0.264 e. The van der Waals surface area contributed by atoms with Crippen LogP contribution in [0.2, 0.25) is 0 Å². The van der Waals surface area contributed by atoms with Crippen molar-refractivity contribution in [2.24, 2.45) is 0 Å². The molecule has 1 amide bonds. The maximum absolute atomic E-state index is 13.1. The van der Waals surface area contributed by atoms with Gasteiger partial charge in [0.2, 0.25) is 0 Å². The Balaban J connectivity index is 2.00. The summed E-state index contributed by atoms with van der Waals surface area (Å²) in [5, 5.41) is 0. The number of piperidine rings is 1. The van der Waals surface area contributed by atoms with Gasteiger partial charge in [-0.3, -0.25) is 9.52 Å². The molecular formula is C19H25N3O3S. The number of likely N-dealkylation sites (tertiary alicyclic amines) is 1. The Kier molecular flexibility index (Phi) is 5.09. The van der Waals surface area contributed by atoms with Crippen LogP contribution in [0.5, 0.6) is 0 Å². The fourth-order valence-electron chi connectivity index (χ4n) is 3.52. The van der Waals surface area contributed by atoms with E-state index in [2.05, 4.69) is 9.71 Å². The second kappa shape index (κ2) is 7.15. The van der Waals surface area contributed by atoms with E-state index in [1.165, 1.54) is 0 Å². The molecule has 1 aromatic carbocycles. The molecule has 1 aliphatic rings. The lowest BCUT2D eigenvalue weighted by Gasteiger charge is -2.27. The molecule has 2 aromatic rings. The van der Waals surface area contributed by atoms with E-state index >= 15 is 0 Å². The van der Waals surface area contributed by atoms with E-state index < -0.39 is 10.0 Å². The first-order valence-electron chi connectivity index (χ1n) is 8.87. The molecule has 140 valence electrons. The van der Waals surface area contributed by atoms with Gasteiger partial charge in [0.05, 0.1) is 5.56 Å². The Morgan fingerprint density at radius 2 is 1.77 bits per heavy atom. The van der Waals surface area contributed by atoms with Crippen molar-refractivity contribution in [2.75, 3.05) is 17.8 Å². The number of nitrogens with zero attached hydrogens (tertiary/aromatic N) is 1. The van der Waals surface area contributed by atoms with E-state index in [1.807, 2.05) is 13.0 Å². The predicted molar refractivity (Wildman–Crippen MR) is 102 cm³/mol. The molecule has 0 bridgehead atoms. The molecule has 7 heteroatoms. The molecule has 0 atom stereocenters. The number of benzene rings is 1. The molecule has 3 rings (SSSR count). The van der Waals surface area contributed by atoms with Crippen molar-refractivity contribution in [1.29, 1.82) is 0 Å². The standard InChI is InChI=1S/C19H25N3O3S/c1-13-8-7-9-16(12-13)21-26(24,25)18-15(3)20-14(2)17(18)19(23)22-10-5-4-6-11-22/h7-9,12,20-21H,4-6,10-11H2,1-3H3. The van der Waals surface area contributed by atoms with Crippen LogP contribution in [-0.2, 0) is 10.0 Å². The fourth-order valence-corrected chi connectivity index (χ4v) is 5.02. The van der Waals surface area contributed by atoms with Gasteiger partial charge in [-0.2, -0.15) is 0 Å². The molecule has 1 aliphatic heterocycles. The van der Waals surface area contributed by atoms with Gasteiger partial charge in [-0.05, 0) is 57.7 Å². The minimum atomic E-state index is -3.88. The van der Waals surface area contributed by atoms with Crippen LogP contribution in [0.1, 0.15) is 46.6 Å². The lowest BCUT2D eigenvalue weighted by Crippen LogP contribution is -2.36. The average Bonchev–Trinajstić information content (AvgIpc) is 2.89. The third kappa shape index (κ3) is 3.62. The molecule has 26 heavy (non-hydrogen) atoms. The smallest absolute Gasteiger partial charge is 0.264 e. The van der Waals surface area contributed by atoms with Crippen LogP contribution in [0, 0.1) is 20.8 Å². The number of carbonyl (C=O) groups is 1. The zero-order chi connectivity index (χ0) is 18.9. The van der Waals surface area contributed by atoms with E-state index in [9.17, 15) is 13.2 Å². The van der Waals surface area contributed by atoms with Crippen molar-refractivity contribution >= 4 is 21.6 Å². The molecule has 2 N–H and O–H groups in total. The zero-order valence-electron chi connectivity index (χ0n) is 15.4. The number of aromatic nitrogens is 1. The summed E-state index contributed by atoms with van der Waals surface area (Å²) in [6.07, 6.45) is 3.02. The number of hydrogen-bond acceptors (Lipinski definition) is 3. The highest BCUT2D eigenvalue weighted by Gasteiger charge is 2.31. The summed E-state index contributed by atoms with van der Waals surface area (Å²) in [7, 11) is -3.88. The molecule has 0 unspecified atom stereocenters. The minimum Gasteiger partial charge on any atom is -0.361 e. The average molecular weight is 375 g/mol. The number of amides is 1. The highest BCUT2D eigenvalue weighted by atomic mass is 32.2. The fraction of sp³-hybridized carbons (Fsp3) is 0.421. The first-order chi connectivity index (χ1) is 12.3. The Labute approximate surface area is 154 Å². The van der Waals surface area contributed by atoms with Gasteiger partial charge >= 0.3 is 0 Å². The van der Waals surface area contributed by atoms with Crippen LogP contribution in [0.4, 0.5) is 5.69 Å². The minimum absolute atomic E-state index is 0.0482. The second-order valence-corrected chi connectivity index (χ2v) is 8.53. The lowest BCUT2D eigenvalue weighted by atomic mass is 10.1. The summed E-state index contributed by atoms with van der Waals surface area (Å²) in [6, 6.07) is 7.15. The van der Waals surface area contributed by atoms with E-state index in [-0.39, 0.29) is 16.4 Å². The van der Waals surface area contributed by atoms with Gasteiger partial charge in [0.1, 0.15) is 4.90 Å². The SMILES string of the molecule is Cc1cccc(NS(=O)(=O)c2c(C)[nH]c(C)c2C(=O)N2CCCCC2)c1. The third-order valence-corrected chi connectivity index (χ3v) is 6.27. The van der Waals surface area contributed by atoms with Crippen LogP contribution >= 0.6 is 0 Å². The van der Waals surface area contributed by atoms with Gasteiger partial charge in [0, 0.05) is 30.2 Å². The number of aromatic amines is 1. The number of aryl methyl sites for hydroxylation is 3. The van der Waals surface area contributed by atoms with Crippen LogP contribution in [0.25, 0.3) is 0 Å². The molecule has 0 saturated carbocycles. The van der Waals surface area contributed by atoms with Crippen molar-refractivity contribution in [3.05, 3.63) is 46.8 Å². The highest BCUT2D eigenvalue weighted by molar-refractivity contribution is 7.92. The molecule has 0 radical (unpaired) electrons. The van der Waals surface area contributed by atoms with Crippen LogP contribution < -0.4 is 4.72 Å². The zero-order valence-corrected chi connectivity index (χ0v) is 16.2. The molecule has 1 saturated heterocycles. The predicted octanol–water partition coefficient (Wildman–Crippen LogP) is 3.37. The normalized spacial score (nSPS) is 15.1. The summed E-state index contributed by atoms with van der Waals surface area (Å²) < 4.78 is 28.7. The van der Waals surface area contributed by atoms with E-state index in [4.69, 9.17) is 0 Å². The highest BCUT2D eigenvalue weighted by Crippen LogP contribution is 2.28. The third-order valence-electron chi connectivity index (χ3n) is 4.71. The molecule has 0 spiro atoms. The monoisotopic (exact) mass is 375 g/mol. The van der Waals surface area contributed by atoms with E-state index in [1.54, 1.807) is 36.9 Å². The summed E-state index contributed by atoms with van der Waals surface area (Å²) >= 11 is 0. The van der Waals surface area contributed by atoms with Crippen molar-refractivity contribution < 1.29 is 13.2 Å². The van der Waals surface area contributed by atoms with Gasteiger partial charge in [-0.25, -0.2) is 8.42 Å². The summed E-state index contributed by atoms with van der Waals surface area (Å²) in [5.41, 5.74) is 2.76. The molecule has 1 fully saturated rings. The van der Waals surface area contributed by atoms with Gasteiger partial charge < -0.3 is 9.88 Å². The molecule has 6 nitrogen and oxygen atoms in total. The molecule has 0 aliphatic carbocycles. The number of rotatable bonds is 4. The van der Waals surface area contributed by atoms with Gasteiger partial charge in [-0.1, -0.05) is 12.1 Å². The summed E-state index contributed by atoms with van der Waals surface area (Å²) in [6.45, 7) is 6.68. The largest absolute Gasteiger partial charge is 0.361 e. The Morgan fingerprint density at radius 3 is 2.42 bits per heavy atom. The van der Waals surface area contributed by atoms with Crippen LogP contribution in [0.15, 0.2) is 29.2 Å². The number of sulfonamides is 1. The van der Waals surface area contributed by atoms with Gasteiger partial charge in [0.25, 0.3) is 15.9 Å². The van der Waals surface area contributed by atoms with Crippen molar-refractivity contribution in [3.63, 3.8) is 0 Å². The number of carbonyl (C=O) groups excluding carboxylic acids is 1. The maximum atomic E-state index is 13.1. The quantitative estimate of drug-likeness (QED) is 0.859. The molecule has 1 aromatic heterocycles. The first kappa shape index (κ1) is 18.5. The van der Waals surface area contributed by atoms with Crippen LogP contribution in [0.3, 0.4) is 0 Å². The van der Waals surface area contributed by atoms with Crippen molar-refractivity contribution in [2.45, 2.75) is 44.9 Å². The lowest BCUT2D eigenvalue weighted by molar-refractivity contribution is 0.0720. The number of anilines is 1. The van der Waals surface area contributed by atoms with Crippen molar-refractivity contribution in [3.8, 4) is 0 Å². The summed E-state index contributed by atoms with van der Waals surface area (Å²) in [4.78, 5) is 17.9. The number of hydrogen-bond donors (Lipinski definition) is 2. The molecular weight excluding hydrogens is 350 g/mol. The van der Waals surface area contributed by atoms with Crippen LogP contribution in [-0.4, -0.2) is 37.3 Å². The van der Waals surface area contributed by atoms with E-state index in [0.717, 1.165) is 24.8 Å².